The Morgan fingerprint density at radius 1 is 1.06 bits per heavy atom. The number of para-hydroxylation sites is 1. The lowest BCUT2D eigenvalue weighted by Crippen LogP contribution is -2.46. The molecule has 0 spiro atoms. The smallest absolute Gasteiger partial charge is 0.227 e. The van der Waals surface area contributed by atoms with Crippen LogP contribution in [-0.4, -0.2) is 33.2 Å². The van der Waals surface area contributed by atoms with Gasteiger partial charge in [0.05, 0.1) is 30.6 Å². The summed E-state index contributed by atoms with van der Waals surface area (Å²) < 4.78 is 0. The highest BCUT2D eigenvalue weighted by molar-refractivity contribution is 5.89. The van der Waals surface area contributed by atoms with Gasteiger partial charge in [-0.25, -0.2) is 0 Å². The Hall–Kier alpha value is -3.41. The number of carbonyl (C=O) groups excluding carboxylic acids is 2. The maximum absolute atomic E-state index is 13.5. The Morgan fingerprint density at radius 3 is 2.71 bits per heavy atom. The summed E-state index contributed by atoms with van der Waals surface area (Å²) in [5.41, 5.74) is 4.36. The van der Waals surface area contributed by atoms with E-state index in [1.54, 1.807) is 6.20 Å². The molecule has 1 aliphatic heterocycles. The fourth-order valence-corrected chi connectivity index (χ4v) is 4.80. The largest absolute Gasteiger partial charge is 0.357 e. The average molecular weight is 415 g/mol. The van der Waals surface area contributed by atoms with Crippen LogP contribution in [-0.2, 0) is 29.1 Å². The molecule has 2 aliphatic rings. The molecule has 2 unspecified atom stereocenters. The van der Waals surface area contributed by atoms with Crippen molar-refractivity contribution in [2.45, 2.75) is 32.4 Å². The summed E-state index contributed by atoms with van der Waals surface area (Å²) in [6.45, 7) is 1.64. The fraction of sp³-hybridized carbons (Fsp3) is 0.320. The summed E-state index contributed by atoms with van der Waals surface area (Å²) in [5, 5.41) is 4.22. The Bertz CT molecular complexity index is 1130. The van der Waals surface area contributed by atoms with Crippen molar-refractivity contribution >= 4 is 22.7 Å². The van der Waals surface area contributed by atoms with Gasteiger partial charge in [-0.3, -0.25) is 14.6 Å². The van der Waals surface area contributed by atoms with Crippen LogP contribution in [0, 0.1) is 11.8 Å². The van der Waals surface area contributed by atoms with E-state index in [-0.39, 0.29) is 23.7 Å². The van der Waals surface area contributed by atoms with E-state index < -0.39 is 0 Å². The number of fused-ring (bicyclic) bond motifs is 3. The Kier molecular flexibility index (Phi) is 5.28. The van der Waals surface area contributed by atoms with Crippen LogP contribution in [0.3, 0.4) is 0 Å². The van der Waals surface area contributed by atoms with Crippen LogP contribution in [0.5, 0.6) is 0 Å². The lowest BCUT2D eigenvalue weighted by molar-refractivity contribution is -0.143. The van der Waals surface area contributed by atoms with Gasteiger partial charge in [-0.1, -0.05) is 36.4 Å². The number of pyridine rings is 1. The summed E-state index contributed by atoms with van der Waals surface area (Å²) in [7, 11) is 0. The van der Waals surface area contributed by atoms with Crippen LogP contribution >= 0.6 is 0 Å². The first-order valence-corrected chi connectivity index (χ1v) is 10.9. The number of H-pyrrole nitrogens is 1. The third-order valence-corrected chi connectivity index (χ3v) is 6.45. The molecule has 0 bridgehead atoms. The molecule has 0 fully saturated rings. The molecule has 6 nitrogen and oxygen atoms in total. The number of hydrogen-bond donors (Lipinski definition) is 2. The molecule has 2 atom stereocenters. The molecular weight excluding hydrogens is 388 g/mol. The zero-order valence-corrected chi connectivity index (χ0v) is 17.4. The molecule has 3 aromatic rings. The van der Waals surface area contributed by atoms with E-state index in [4.69, 9.17) is 0 Å². The molecule has 0 saturated heterocycles. The number of hydrogen-bond acceptors (Lipinski definition) is 3. The first-order chi connectivity index (χ1) is 15.2. The number of aromatic amines is 1. The number of nitrogens with one attached hydrogen (secondary N) is 2. The molecule has 1 aliphatic carbocycles. The molecule has 5 rings (SSSR count). The third kappa shape index (κ3) is 3.85. The first-order valence-electron chi connectivity index (χ1n) is 10.9. The molecule has 31 heavy (non-hydrogen) atoms. The lowest BCUT2D eigenvalue weighted by Gasteiger charge is -2.34. The minimum atomic E-state index is -0.342. The summed E-state index contributed by atoms with van der Waals surface area (Å²) >= 11 is 0. The first kappa shape index (κ1) is 19.5. The second-order valence-electron chi connectivity index (χ2n) is 8.33. The summed E-state index contributed by atoms with van der Waals surface area (Å²) in [5.74, 6) is -0.659. The van der Waals surface area contributed by atoms with E-state index >= 15 is 0 Å². The number of carbonyl (C=O) groups is 2. The Balaban J connectivity index is 1.29. The highest BCUT2D eigenvalue weighted by Crippen LogP contribution is 2.32. The van der Waals surface area contributed by atoms with Crippen LogP contribution < -0.4 is 5.32 Å². The second-order valence-corrected chi connectivity index (χ2v) is 8.33. The standard InChI is InChI=1S/C25H26N4O2/c30-24(27-15-17-7-5-6-13-26-17)20-9-1-2-10-21(20)25(31)29-14-12-19-18-8-3-4-11-22(18)28-23(19)16-29/h1-8,11,13,20-21,28H,9-10,12,14-16H2,(H,27,30). The van der Waals surface area contributed by atoms with E-state index in [9.17, 15) is 9.59 Å². The average Bonchev–Trinajstić information content (AvgIpc) is 3.20. The number of amides is 2. The van der Waals surface area contributed by atoms with Crippen molar-refractivity contribution in [2.24, 2.45) is 11.8 Å². The van der Waals surface area contributed by atoms with E-state index in [0.29, 0.717) is 32.5 Å². The van der Waals surface area contributed by atoms with Gasteiger partial charge in [-0.05, 0) is 43.0 Å². The van der Waals surface area contributed by atoms with Crippen molar-refractivity contribution in [3.8, 4) is 0 Å². The van der Waals surface area contributed by atoms with Crippen molar-refractivity contribution < 1.29 is 9.59 Å². The minimum Gasteiger partial charge on any atom is -0.357 e. The van der Waals surface area contributed by atoms with Gasteiger partial charge < -0.3 is 15.2 Å². The van der Waals surface area contributed by atoms with E-state index in [1.807, 2.05) is 41.3 Å². The van der Waals surface area contributed by atoms with Crippen molar-refractivity contribution in [1.82, 2.24) is 20.2 Å². The van der Waals surface area contributed by atoms with E-state index in [0.717, 1.165) is 23.3 Å². The number of rotatable bonds is 4. The van der Waals surface area contributed by atoms with E-state index in [1.165, 1.54) is 10.9 Å². The van der Waals surface area contributed by atoms with Gasteiger partial charge in [-0.15, -0.1) is 0 Å². The zero-order valence-electron chi connectivity index (χ0n) is 17.4. The topological polar surface area (TPSA) is 78.1 Å². The van der Waals surface area contributed by atoms with Crippen LogP contribution in [0.2, 0.25) is 0 Å². The molecule has 2 N–H and O–H groups in total. The van der Waals surface area contributed by atoms with Crippen LogP contribution in [0.4, 0.5) is 0 Å². The maximum Gasteiger partial charge on any atom is 0.227 e. The van der Waals surface area contributed by atoms with Crippen molar-refractivity contribution in [1.29, 1.82) is 0 Å². The van der Waals surface area contributed by atoms with Crippen LogP contribution in [0.25, 0.3) is 10.9 Å². The fourth-order valence-electron chi connectivity index (χ4n) is 4.80. The molecule has 3 heterocycles. The van der Waals surface area contributed by atoms with Gasteiger partial charge in [0.2, 0.25) is 11.8 Å². The number of benzene rings is 1. The predicted molar refractivity (Wildman–Crippen MR) is 119 cm³/mol. The molecule has 6 heteroatoms. The van der Waals surface area contributed by atoms with Gasteiger partial charge in [0, 0.05) is 29.3 Å². The van der Waals surface area contributed by atoms with Gasteiger partial charge in [0.15, 0.2) is 0 Å². The summed E-state index contributed by atoms with van der Waals surface area (Å²) in [4.78, 5) is 36.0. The maximum atomic E-state index is 13.5. The third-order valence-electron chi connectivity index (χ3n) is 6.45. The SMILES string of the molecule is O=C(NCc1ccccn1)C1CC=CCC1C(=O)N1CCc2c([nH]c3ccccc23)C1. The molecule has 0 saturated carbocycles. The molecular formula is C25H26N4O2. The normalized spacial score (nSPS) is 20.5. The number of nitrogens with zero attached hydrogens (tertiary/aromatic N) is 2. The van der Waals surface area contributed by atoms with Crippen LogP contribution in [0.1, 0.15) is 29.8 Å². The number of allylic oxidation sites excluding steroid dienone is 2. The van der Waals surface area contributed by atoms with Gasteiger partial charge >= 0.3 is 0 Å². The predicted octanol–water partition coefficient (Wildman–Crippen LogP) is 3.35. The molecule has 2 amide bonds. The molecule has 2 aromatic heterocycles. The monoisotopic (exact) mass is 414 g/mol. The van der Waals surface area contributed by atoms with Crippen molar-refractivity contribution in [3.05, 3.63) is 77.8 Å². The lowest BCUT2D eigenvalue weighted by atomic mass is 9.81. The van der Waals surface area contributed by atoms with Crippen molar-refractivity contribution in [3.63, 3.8) is 0 Å². The van der Waals surface area contributed by atoms with Crippen LogP contribution in [0.15, 0.2) is 60.8 Å². The van der Waals surface area contributed by atoms with Gasteiger partial charge in [0.25, 0.3) is 0 Å². The van der Waals surface area contributed by atoms with Gasteiger partial charge in [-0.2, -0.15) is 0 Å². The zero-order chi connectivity index (χ0) is 21.2. The van der Waals surface area contributed by atoms with Crippen molar-refractivity contribution in [2.75, 3.05) is 6.54 Å². The van der Waals surface area contributed by atoms with E-state index in [2.05, 4.69) is 33.5 Å². The molecule has 158 valence electrons. The minimum absolute atomic E-state index is 0.0725. The van der Waals surface area contributed by atoms with Gasteiger partial charge in [0.1, 0.15) is 0 Å². The second kappa shape index (κ2) is 8.38. The Labute approximate surface area is 181 Å². The number of aromatic nitrogens is 2. The highest BCUT2D eigenvalue weighted by atomic mass is 16.2. The summed E-state index contributed by atoms with van der Waals surface area (Å²) in [6, 6.07) is 13.9. The molecule has 1 aromatic carbocycles. The Morgan fingerprint density at radius 2 is 1.87 bits per heavy atom. The molecule has 0 radical (unpaired) electrons. The highest BCUT2D eigenvalue weighted by Gasteiger charge is 2.37. The summed E-state index contributed by atoms with van der Waals surface area (Å²) in [6.07, 6.45) is 7.80. The quantitative estimate of drug-likeness (QED) is 0.643.